The number of ether oxygens (including phenoxy) is 1. The van der Waals surface area contributed by atoms with Crippen LogP contribution in [0, 0.1) is 0 Å². The molecular formula is C14H19N3O4. The number of aliphatic carboxylic acids is 1. The minimum Gasteiger partial charge on any atom is -0.482 e. The first kappa shape index (κ1) is 15.1. The molecule has 1 aromatic rings. The highest BCUT2D eigenvalue weighted by molar-refractivity contribution is 5.89. The number of carbonyl (C=O) groups excluding carboxylic acids is 1. The molecule has 0 spiro atoms. The lowest BCUT2D eigenvalue weighted by Gasteiger charge is -2.23. The minimum atomic E-state index is -1.03. The van der Waals surface area contributed by atoms with E-state index in [0.717, 1.165) is 25.9 Å². The van der Waals surface area contributed by atoms with Crippen molar-refractivity contribution in [1.29, 1.82) is 0 Å². The van der Waals surface area contributed by atoms with Crippen molar-refractivity contribution in [3.8, 4) is 5.75 Å². The Morgan fingerprint density at radius 1 is 1.24 bits per heavy atom. The van der Waals surface area contributed by atoms with Crippen LogP contribution in [-0.4, -0.2) is 42.8 Å². The third-order valence-corrected chi connectivity index (χ3v) is 3.15. The lowest BCUT2D eigenvalue weighted by molar-refractivity contribution is -0.139. The van der Waals surface area contributed by atoms with Gasteiger partial charge < -0.3 is 25.8 Å². The van der Waals surface area contributed by atoms with Gasteiger partial charge in [-0.25, -0.2) is 9.59 Å². The molecule has 7 nitrogen and oxygen atoms in total. The molecule has 1 aliphatic rings. The second-order valence-electron chi connectivity index (χ2n) is 4.83. The zero-order chi connectivity index (χ0) is 15.1. The maximum atomic E-state index is 11.8. The van der Waals surface area contributed by atoms with E-state index in [2.05, 4.69) is 16.0 Å². The van der Waals surface area contributed by atoms with Gasteiger partial charge in [0.25, 0.3) is 0 Å². The van der Waals surface area contributed by atoms with Gasteiger partial charge in [0.05, 0.1) is 0 Å². The van der Waals surface area contributed by atoms with Gasteiger partial charge in [-0.2, -0.15) is 0 Å². The fourth-order valence-corrected chi connectivity index (χ4v) is 2.10. The molecule has 4 N–H and O–H groups in total. The van der Waals surface area contributed by atoms with Gasteiger partial charge in [-0.1, -0.05) is 0 Å². The molecule has 0 bridgehead atoms. The normalized spacial score (nSPS) is 15.2. The smallest absolute Gasteiger partial charge is 0.341 e. The fraction of sp³-hybridized carbons (Fsp3) is 0.429. The first-order valence-electron chi connectivity index (χ1n) is 6.86. The molecule has 2 rings (SSSR count). The van der Waals surface area contributed by atoms with E-state index in [1.807, 2.05) is 0 Å². The molecule has 0 aromatic heterocycles. The van der Waals surface area contributed by atoms with Gasteiger partial charge in [-0.3, -0.25) is 0 Å². The van der Waals surface area contributed by atoms with E-state index in [1.54, 1.807) is 24.3 Å². The van der Waals surface area contributed by atoms with Gasteiger partial charge in [0.2, 0.25) is 0 Å². The van der Waals surface area contributed by atoms with Crippen LogP contribution in [0.25, 0.3) is 0 Å². The molecule has 2 amide bonds. The molecular weight excluding hydrogens is 274 g/mol. The number of hydrogen-bond acceptors (Lipinski definition) is 4. The molecule has 1 saturated heterocycles. The van der Waals surface area contributed by atoms with Crippen LogP contribution in [0.1, 0.15) is 12.8 Å². The summed E-state index contributed by atoms with van der Waals surface area (Å²) in [7, 11) is 0. The second kappa shape index (κ2) is 7.49. The number of hydrogen-bond donors (Lipinski definition) is 4. The van der Waals surface area contributed by atoms with Crippen LogP contribution in [0.4, 0.5) is 10.5 Å². The Morgan fingerprint density at radius 2 is 1.90 bits per heavy atom. The lowest BCUT2D eigenvalue weighted by Crippen LogP contribution is -2.44. The van der Waals surface area contributed by atoms with Gasteiger partial charge in [-0.05, 0) is 50.2 Å². The summed E-state index contributed by atoms with van der Waals surface area (Å²) in [6.07, 6.45) is 1.85. The van der Waals surface area contributed by atoms with Crippen LogP contribution < -0.4 is 20.7 Å². The molecule has 0 aliphatic carbocycles. The highest BCUT2D eigenvalue weighted by Crippen LogP contribution is 2.15. The Kier molecular flexibility index (Phi) is 5.39. The maximum absolute atomic E-state index is 11.8. The number of piperidine rings is 1. The van der Waals surface area contributed by atoms with Crippen molar-refractivity contribution in [2.24, 2.45) is 0 Å². The highest BCUT2D eigenvalue weighted by atomic mass is 16.5. The molecule has 0 radical (unpaired) electrons. The van der Waals surface area contributed by atoms with Crippen LogP contribution in [0.5, 0.6) is 5.75 Å². The van der Waals surface area contributed by atoms with E-state index < -0.39 is 5.97 Å². The molecule has 0 saturated carbocycles. The first-order valence-corrected chi connectivity index (χ1v) is 6.86. The molecule has 7 heteroatoms. The van der Waals surface area contributed by atoms with Gasteiger partial charge in [0, 0.05) is 11.7 Å². The maximum Gasteiger partial charge on any atom is 0.341 e. The van der Waals surface area contributed by atoms with Crippen molar-refractivity contribution in [2.45, 2.75) is 18.9 Å². The summed E-state index contributed by atoms with van der Waals surface area (Å²) in [5.74, 6) is -0.583. The predicted molar refractivity (Wildman–Crippen MR) is 77.6 cm³/mol. The van der Waals surface area contributed by atoms with Crippen LogP contribution in [-0.2, 0) is 4.79 Å². The molecule has 1 aliphatic heterocycles. The summed E-state index contributed by atoms with van der Waals surface area (Å²) in [5.41, 5.74) is 0.629. The summed E-state index contributed by atoms with van der Waals surface area (Å²) in [5, 5.41) is 17.4. The molecule has 114 valence electrons. The van der Waals surface area contributed by atoms with Gasteiger partial charge in [-0.15, -0.1) is 0 Å². The highest BCUT2D eigenvalue weighted by Gasteiger charge is 2.15. The van der Waals surface area contributed by atoms with Crippen molar-refractivity contribution >= 4 is 17.7 Å². The molecule has 1 fully saturated rings. The number of nitrogens with one attached hydrogen (secondary N) is 3. The van der Waals surface area contributed by atoms with E-state index in [-0.39, 0.29) is 18.7 Å². The molecule has 1 heterocycles. The number of carboxylic acid groups (broad SMARTS) is 1. The molecule has 0 atom stereocenters. The van der Waals surface area contributed by atoms with Crippen LogP contribution >= 0.6 is 0 Å². The summed E-state index contributed by atoms with van der Waals surface area (Å²) >= 11 is 0. The van der Waals surface area contributed by atoms with Crippen molar-refractivity contribution < 1.29 is 19.4 Å². The van der Waals surface area contributed by atoms with Gasteiger partial charge in [0.1, 0.15) is 5.75 Å². The Morgan fingerprint density at radius 3 is 2.52 bits per heavy atom. The van der Waals surface area contributed by atoms with Crippen LogP contribution in [0.3, 0.4) is 0 Å². The van der Waals surface area contributed by atoms with Crippen LogP contribution in [0.2, 0.25) is 0 Å². The number of anilines is 1. The molecule has 1 aromatic carbocycles. The number of carbonyl (C=O) groups is 2. The number of urea groups is 1. The zero-order valence-electron chi connectivity index (χ0n) is 11.6. The number of benzene rings is 1. The number of carboxylic acids is 1. The minimum absolute atomic E-state index is 0.199. The van der Waals surface area contributed by atoms with E-state index in [1.165, 1.54) is 0 Å². The van der Waals surface area contributed by atoms with Crippen molar-refractivity contribution in [1.82, 2.24) is 10.6 Å². The van der Waals surface area contributed by atoms with E-state index in [0.29, 0.717) is 11.4 Å². The lowest BCUT2D eigenvalue weighted by atomic mass is 10.1. The molecule has 0 unspecified atom stereocenters. The number of amides is 2. The van der Waals surface area contributed by atoms with E-state index in [9.17, 15) is 9.59 Å². The third kappa shape index (κ3) is 5.31. The largest absolute Gasteiger partial charge is 0.482 e. The summed E-state index contributed by atoms with van der Waals surface area (Å²) in [4.78, 5) is 22.2. The Labute approximate surface area is 122 Å². The second-order valence-corrected chi connectivity index (χ2v) is 4.83. The predicted octanol–water partition coefficient (Wildman–Crippen LogP) is 1.02. The quantitative estimate of drug-likeness (QED) is 0.649. The first-order chi connectivity index (χ1) is 10.1. The summed E-state index contributed by atoms with van der Waals surface area (Å²) in [6.45, 7) is 1.45. The van der Waals surface area contributed by atoms with Crippen LogP contribution in [0.15, 0.2) is 24.3 Å². The van der Waals surface area contributed by atoms with Crippen molar-refractivity contribution in [2.75, 3.05) is 25.0 Å². The van der Waals surface area contributed by atoms with E-state index >= 15 is 0 Å². The summed E-state index contributed by atoms with van der Waals surface area (Å²) < 4.78 is 5.01. The van der Waals surface area contributed by atoms with Crippen molar-refractivity contribution in [3.05, 3.63) is 24.3 Å². The SMILES string of the molecule is O=C(O)COc1ccc(NC(=O)NC2CCNCC2)cc1. The topological polar surface area (TPSA) is 99.7 Å². The average Bonchev–Trinajstić information content (AvgIpc) is 2.47. The molecule has 21 heavy (non-hydrogen) atoms. The fourth-order valence-electron chi connectivity index (χ4n) is 2.10. The number of rotatable bonds is 5. The Hall–Kier alpha value is -2.28. The van der Waals surface area contributed by atoms with Gasteiger partial charge in [0.15, 0.2) is 6.61 Å². The van der Waals surface area contributed by atoms with E-state index in [4.69, 9.17) is 9.84 Å². The monoisotopic (exact) mass is 293 g/mol. The van der Waals surface area contributed by atoms with Crippen molar-refractivity contribution in [3.63, 3.8) is 0 Å². The third-order valence-electron chi connectivity index (χ3n) is 3.15. The van der Waals surface area contributed by atoms with Gasteiger partial charge >= 0.3 is 12.0 Å². The average molecular weight is 293 g/mol. The Balaban J connectivity index is 1.79. The Bertz CT molecular complexity index is 483. The summed E-state index contributed by atoms with van der Waals surface area (Å²) in [6, 6.07) is 6.52. The standard InChI is InChI=1S/C14H19N3O4/c18-13(19)9-21-12-3-1-10(2-4-12)16-14(20)17-11-5-7-15-8-6-11/h1-4,11,15H,5-9H2,(H,18,19)(H2,16,17,20). The zero-order valence-corrected chi connectivity index (χ0v) is 11.6.